The predicted molar refractivity (Wildman–Crippen MR) is 467 cm³/mol. The number of furan rings is 1. The summed E-state index contributed by atoms with van der Waals surface area (Å²) in [6, 6.07) is 110. The lowest BCUT2D eigenvalue weighted by Gasteiger charge is -2.06. The van der Waals surface area contributed by atoms with Crippen LogP contribution in [0.2, 0.25) is 0 Å². The van der Waals surface area contributed by atoms with Gasteiger partial charge in [-0.2, -0.15) is 0 Å². The Balaban J connectivity index is 0.000000247. The summed E-state index contributed by atoms with van der Waals surface area (Å²) < 4.78 is 10.7. The van der Waals surface area contributed by atoms with Crippen molar-refractivity contribution in [2.75, 3.05) is 0 Å². The van der Waals surface area contributed by atoms with Gasteiger partial charge < -0.3 is 8.98 Å². The highest BCUT2D eigenvalue weighted by Crippen LogP contribution is 2.34. The first-order chi connectivity index (χ1) is 48.3. The number of rotatable bonds is 2. The first-order valence-electron chi connectivity index (χ1n) is 36.6. The number of hydrogen-bond donors (Lipinski definition) is 0. The van der Waals surface area contributed by atoms with Crippen LogP contribution in [0.5, 0.6) is 0 Å². The summed E-state index contributed by atoms with van der Waals surface area (Å²) in [6.45, 7) is 52.5. The van der Waals surface area contributed by atoms with E-state index in [1.807, 2.05) is 96.3 Å². The van der Waals surface area contributed by atoms with Crippen LogP contribution in [-0.4, -0.2) is 4.57 Å². The van der Waals surface area contributed by atoms with E-state index in [1.54, 1.807) is 0 Å². The first kappa shape index (κ1) is 86.1. The molecule has 3 heterocycles. The summed E-state index contributed by atoms with van der Waals surface area (Å²) >= 11 is 1.86. The topological polar surface area (TPSA) is 18.1 Å². The van der Waals surface area contributed by atoms with Crippen LogP contribution < -0.4 is 0 Å². The molecule has 0 saturated carbocycles. The zero-order chi connectivity index (χ0) is 76.3. The van der Waals surface area contributed by atoms with Crippen LogP contribution in [0.4, 0.5) is 0 Å². The zero-order valence-corrected chi connectivity index (χ0v) is 68.2. The third-order valence-electron chi connectivity index (χ3n) is 12.4. The highest BCUT2D eigenvalue weighted by atomic mass is 32.1. The largest absolute Gasteiger partial charge is 0.456 e. The third-order valence-corrected chi connectivity index (χ3v) is 13.5. The molecule has 0 radical (unpaired) electrons. The first-order valence-corrected chi connectivity index (χ1v) is 37.4. The van der Waals surface area contributed by atoms with Crippen molar-refractivity contribution in [2.45, 2.75) is 166 Å². The molecule has 15 aromatic rings. The minimum absolute atomic E-state index is 0.500. The Bertz CT molecular complexity index is 4200. The van der Waals surface area contributed by atoms with Crippen LogP contribution in [-0.2, 0) is 0 Å². The van der Waals surface area contributed by atoms with Crippen LogP contribution in [0.15, 0.2) is 326 Å². The second-order valence-electron chi connectivity index (χ2n) is 35.1. The molecule has 3 aromatic heterocycles. The van der Waals surface area contributed by atoms with E-state index in [-0.39, 0.29) is 0 Å². The monoisotopic (exact) mass is 1390 g/mol. The van der Waals surface area contributed by atoms with Crippen LogP contribution in [0.25, 0.3) is 91.5 Å². The molecular weight excluding hydrogens is 1260 g/mol. The lowest BCUT2D eigenvalue weighted by atomic mass is 10.0. The molecule has 103 heavy (non-hydrogen) atoms. The fourth-order valence-electron chi connectivity index (χ4n) is 8.91. The average Bonchev–Trinajstić information content (AvgIpc) is 1.61. The predicted octanol–water partition coefficient (Wildman–Crippen LogP) is 32.6. The lowest BCUT2D eigenvalue weighted by Crippen LogP contribution is -1.93. The molecule has 0 atom stereocenters. The minimum Gasteiger partial charge on any atom is -0.456 e. The van der Waals surface area contributed by atoms with Crippen LogP contribution in [0.1, 0.15) is 166 Å². The van der Waals surface area contributed by atoms with E-state index in [0.29, 0.717) is 32.5 Å². The van der Waals surface area contributed by atoms with Crippen LogP contribution >= 0.6 is 11.3 Å². The smallest absolute Gasteiger partial charge is 0.135 e. The zero-order valence-electron chi connectivity index (χ0n) is 67.4. The van der Waals surface area contributed by atoms with Crippen LogP contribution in [0.3, 0.4) is 0 Å². The van der Waals surface area contributed by atoms with Crippen molar-refractivity contribution in [3.8, 4) is 16.8 Å². The summed E-state index contributed by atoms with van der Waals surface area (Å²) in [5.41, 5.74) is 11.2. The van der Waals surface area contributed by atoms with Crippen LogP contribution in [0, 0.1) is 32.5 Å². The molecule has 0 saturated heterocycles. The van der Waals surface area contributed by atoms with Crippen molar-refractivity contribution in [2.24, 2.45) is 32.5 Å². The van der Waals surface area contributed by atoms with E-state index in [2.05, 4.69) is 407 Å². The minimum atomic E-state index is 0.500. The maximum absolute atomic E-state index is 5.65. The molecule has 12 aromatic carbocycles. The molecular formula is C100H125NOS. The number of fused-ring (bicyclic) bond motifs is 10. The number of nitrogens with zero attached hydrogens (tertiary/aromatic N) is 1. The van der Waals surface area contributed by atoms with Gasteiger partial charge in [-0.05, 0) is 103 Å². The molecule has 0 unspecified atom stereocenters. The highest BCUT2D eigenvalue weighted by molar-refractivity contribution is 7.25. The van der Waals surface area contributed by atoms with Gasteiger partial charge in [0.05, 0.1) is 11.0 Å². The third kappa shape index (κ3) is 38.5. The van der Waals surface area contributed by atoms with Gasteiger partial charge in [0.15, 0.2) is 0 Å². The Morgan fingerprint density at radius 3 is 0.699 bits per heavy atom. The number of thiophene rings is 1. The normalized spacial score (nSPS) is 10.9. The Kier molecular flexibility index (Phi) is 35.4. The molecule has 0 aliphatic carbocycles. The lowest BCUT2D eigenvalue weighted by molar-refractivity contribution is 0.469. The van der Waals surface area contributed by atoms with E-state index >= 15 is 0 Å². The highest BCUT2D eigenvalue weighted by Gasteiger charge is 2.11. The molecule has 0 fully saturated rings. The number of para-hydroxylation sites is 5. The Hall–Kier alpha value is -9.28. The van der Waals surface area contributed by atoms with Gasteiger partial charge in [0.25, 0.3) is 0 Å². The van der Waals surface area contributed by atoms with E-state index in [1.165, 1.54) is 80.3 Å². The summed E-state index contributed by atoms with van der Waals surface area (Å²) in [6.07, 6.45) is 0. The molecule has 15 rings (SSSR count). The molecule has 0 bridgehead atoms. The fourth-order valence-corrected chi connectivity index (χ4v) is 10.0. The van der Waals surface area contributed by atoms with Crippen molar-refractivity contribution in [1.82, 2.24) is 4.57 Å². The van der Waals surface area contributed by atoms with Gasteiger partial charge in [0.2, 0.25) is 0 Å². The molecule has 2 nitrogen and oxygen atoms in total. The number of aromatic nitrogens is 1. The van der Waals surface area contributed by atoms with Gasteiger partial charge >= 0.3 is 0 Å². The molecule has 0 aliphatic rings. The number of hydrogen-bond acceptors (Lipinski definition) is 2. The molecule has 0 spiro atoms. The number of benzene rings is 12. The standard InChI is InChI=1S/C18H13N.C12H8O.C12H8S.C12H10.C10H8.C6H6.6C5H12/c1-2-8-14(9-3-1)19-17-12-6-4-10-15(17)16-11-5-7-13-18(16)19;2*1-3-7-11-9(5-1)10-6-2-4-8-12(10)13-11;1-3-7-11(8-4-1)12-9-5-2-6-10-12;1-2-6-10-8-4-3-7-9(10)5-1;1-2-4-6-5-3-1;6*1-5(2,3)4/h1-13H;2*1-8H;1-10H;1-8H;1-6H;6*1-4H3. The fraction of sp³-hybridized carbons (Fsp3) is 0.300. The second-order valence-corrected chi connectivity index (χ2v) is 36.2. The second kappa shape index (κ2) is 42.3. The van der Waals surface area contributed by atoms with E-state index in [0.717, 1.165) is 11.2 Å². The maximum Gasteiger partial charge on any atom is 0.135 e. The summed E-state index contributed by atoms with van der Waals surface area (Å²) in [5.74, 6) is 0. The average molecular weight is 1390 g/mol. The summed E-state index contributed by atoms with van der Waals surface area (Å²) in [4.78, 5) is 0. The van der Waals surface area contributed by atoms with Gasteiger partial charge in [0.1, 0.15) is 11.2 Å². The van der Waals surface area contributed by atoms with E-state index in [4.69, 9.17) is 4.42 Å². The van der Waals surface area contributed by atoms with Crippen molar-refractivity contribution in [3.63, 3.8) is 0 Å². The quantitative estimate of drug-likeness (QED) is 0.169. The Labute approximate surface area is 627 Å². The summed E-state index contributed by atoms with van der Waals surface area (Å²) in [7, 11) is 0. The van der Waals surface area contributed by atoms with Gasteiger partial charge in [-0.15, -0.1) is 11.3 Å². The molecule has 0 amide bonds. The molecule has 3 heteroatoms. The van der Waals surface area contributed by atoms with Crippen molar-refractivity contribution >= 4 is 86.0 Å². The van der Waals surface area contributed by atoms with Gasteiger partial charge in [-0.3, -0.25) is 0 Å². The van der Waals surface area contributed by atoms with Crippen molar-refractivity contribution in [1.29, 1.82) is 0 Å². The molecule has 542 valence electrons. The molecule has 0 aliphatic heterocycles. The van der Waals surface area contributed by atoms with Crippen molar-refractivity contribution < 1.29 is 4.42 Å². The SMILES string of the molecule is CC(C)(C)C.CC(C)(C)C.CC(C)(C)C.CC(C)(C)C.CC(C)(C)C.CC(C)(C)C.c1ccc(-c2ccccc2)cc1.c1ccc(-n2c3ccccc3c3ccccc32)cc1.c1ccc2c(c1)oc1ccccc12.c1ccc2c(c1)sc1ccccc12.c1ccc2ccccc2c1.c1ccccc1. The van der Waals surface area contributed by atoms with E-state index in [9.17, 15) is 0 Å². The van der Waals surface area contributed by atoms with Gasteiger partial charge in [0, 0.05) is 47.4 Å². The molecule has 0 N–H and O–H groups in total. The van der Waals surface area contributed by atoms with E-state index < -0.39 is 0 Å². The summed E-state index contributed by atoms with van der Waals surface area (Å²) in [5, 5.41) is 10.4. The maximum atomic E-state index is 5.65. The Morgan fingerprint density at radius 2 is 0.408 bits per heavy atom. The van der Waals surface area contributed by atoms with Gasteiger partial charge in [-0.25, -0.2) is 0 Å². The van der Waals surface area contributed by atoms with Gasteiger partial charge in [-0.1, -0.05) is 439 Å². The van der Waals surface area contributed by atoms with Crippen molar-refractivity contribution in [3.05, 3.63) is 322 Å². The Morgan fingerprint density at radius 1 is 0.204 bits per heavy atom.